The highest BCUT2D eigenvalue weighted by molar-refractivity contribution is 14.1. The van der Waals surface area contributed by atoms with Crippen molar-refractivity contribution in [2.24, 2.45) is 5.73 Å². The van der Waals surface area contributed by atoms with E-state index in [2.05, 4.69) is 38.5 Å². The SMILES string of the molecule is Cc1cc(F)c(C(N)c2cc(Br)ccc2I)cc1F. The summed E-state index contributed by atoms with van der Waals surface area (Å²) < 4.78 is 29.3. The average molecular weight is 438 g/mol. The third kappa shape index (κ3) is 3.14. The first-order chi connectivity index (χ1) is 8.90. The Labute approximate surface area is 132 Å². The van der Waals surface area contributed by atoms with Crippen molar-refractivity contribution in [1.29, 1.82) is 0 Å². The molecule has 2 rings (SSSR count). The molecule has 0 fully saturated rings. The standard InChI is InChI=1S/C14H11BrF2IN/c1-7-4-12(17)9(6-11(7)16)14(19)10-5-8(15)2-3-13(10)18/h2-6,14H,19H2,1H3. The Bertz CT molecular complexity index is 631. The van der Waals surface area contributed by atoms with Crippen molar-refractivity contribution in [2.45, 2.75) is 13.0 Å². The molecule has 2 N–H and O–H groups in total. The van der Waals surface area contributed by atoms with Gasteiger partial charge in [0.05, 0.1) is 6.04 Å². The molecule has 0 saturated carbocycles. The predicted molar refractivity (Wildman–Crippen MR) is 84.0 cm³/mol. The van der Waals surface area contributed by atoms with Gasteiger partial charge in [0.1, 0.15) is 11.6 Å². The summed E-state index contributed by atoms with van der Waals surface area (Å²) in [6, 6.07) is 7.23. The van der Waals surface area contributed by atoms with Crippen LogP contribution in [-0.4, -0.2) is 0 Å². The molecule has 0 aliphatic rings. The molecule has 2 aromatic rings. The monoisotopic (exact) mass is 437 g/mol. The van der Waals surface area contributed by atoms with Gasteiger partial charge < -0.3 is 5.73 Å². The summed E-state index contributed by atoms with van der Waals surface area (Å²) in [4.78, 5) is 0. The largest absolute Gasteiger partial charge is 0.320 e. The molecule has 1 atom stereocenters. The Morgan fingerprint density at radius 2 is 1.79 bits per heavy atom. The van der Waals surface area contributed by atoms with Crippen LogP contribution in [0.4, 0.5) is 8.78 Å². The van der Waals surface area contributed by atoms with Crippen molar-refractivity contribution >= 4 is 38.5 Å². The quantitative estimate of drug-likeness (QED) is 0.678. The van der Waals surface area contributed by atoms with Gasteiger partial charge in [-0.2, -0.15) is 0 Å². The molecule has 5 heteroatoms. The molecule has 100 valence electrons. The van der Waals surface area contributed by atoms with E-state index in [0.717, 1.165) is 13.6 Å². The highest BCUT2D eigenvalue weighted by Gasteiger charge is 2.18. The molecule has 0 spiro atoms. The summed E-state index contributed by atoms with van der Waals surface area (Å²) in [5, 5.41) is 0. The van der Waals surface area contributed by atoms with Gasteiger partial charge in [0.15, 0.2) is 0 Å². The average Bonchev–Trinajstić information content (AvgIpc) is 2.36. The lowest BCUT2D eigenvalue weighted by Crippen LogP contribution is -2.15. The van der Waals surface area contributed by atoms with Crippen LogP contribution < -0.4 is 5.73 Å². The first-order valence-corrected chi connectivity index (χ1v) is 7.43. The fourth-order valence-electron chi connectivity index (χ4n) is 1.82. The Morgan fingerprint density at radius 1 is 1.11 bits per heavy atom. The van der Waals surface area contributed by atoms with E-state index in [1.54, 1.807) is 0 Å². The normalized spacial score (nSPS) is 12.5. The van der Waals surface area contributed by atoms with Gasteiger partial charge in [-0.05, 0) is 71.0 Å². The summed E-state index contributed by atoms with van der Waals surface area (Å²) in [6.45, 7) is 1.52. The maximum Gasteiger partial charge on any atom is 0.128 e. The number of halogens is 4. The molecule has 1 nitrogen and oxygen atoms in total. The zero-order valence-corrected chi connectivity index (χ0v) is 13.8. The number of rotatable bonds is 2. The molecule has 2 aromatic carbocycles. The van der Waals surface area contributed by atoms with Gasteiger partial charge >= 0.3 is 0 Å². The van der Waals surface area contributed by atoms with Crippen LogP contribution >= 0.6 is 38.5 Å². The van der Waals surface area contributed by atoms with Gasteiger partial charge in [0, 0.05) is 13.6 Å². The minimum Gasteiger partial charge on any atom is -0.320 e. The molecule has 0 radical (unpaired) electrons. The Hall–Kier alpha value is -0.530. The third-order valence-corrected chi connectivity index (χ3v) is 4.38. The third-order valence-electron chi connectivity index (χ3n) is 2.91. The van der Waals surface area contributed by atoms with Crippen molar-refractivity contribution < 1.29 is 8.78 Å². The second-order valence-electron chi connectivity index (χ2n) is 4.27. The number of aryl methyl sites for hydroxylation is 1. The fourth-order valence-corrected chi connectivity index (χ4v) is 2.87. The van der Waals surface area contributed by atoms with Crippen molar-refractivity contribution in [3.8, 4) is 0 Å². The van der Waals surface area contributed by atoms with E-state index in [-0.39, 0.29) is 11.1 Å². The Balaban J connectivity index is 2.52. The smallest absolute Gasteiger partial charge is 0.128 e. The minimum absolute atomic E-state index is 0.166. The van der Waals surface area contributed by atoms with E-state index in [1.807, 2.05) is 18.2 Å². The molecule has 0 aliphatic carbocycles. The molecule has 0 heterocycles. The molecule has 0 aliphatic heterocycles. The van der Waals surface area contributed by atoms with Crippen LogP contribution in [0.5, 0.6) is 0 Å². The Morgan fingerprint density at radius 3 is 2.47 bits per heavy atom. The summed E-state index contributed by atoms with van der Waals surface area (Å²) in [5.74, 6) is -0.931. The van der Waals surface area contributed by atoms with E-state index in [4.69, 9.17) is 5.73 Å². The van der Waals surface area contributed by atoms with Gasteiger partial charge in [0.25, 0.3) is 0 Å². The highest BCUT2D eigenvalue weighted by Crippen LogP contribution is 2.29. The van der Waals surface area contributed by atoms with E-state index in [9.17, 15) is 8.78 Å². The minimum atomic E-state index is -0.695. The molecular weight excluding hydrogens is 427 g/mol. The Kier molecular flexibility index (Phi) is 4.58. The van der Waals surface area contributed by atoms with E-state index < -0.39 is 17.7 Å². The zero-order chi connectivity index (χ0) is 14.2. The van der Waals surface area contributed by atoms with Crippen molar-refractivity contribution in [3.05, 3.63) is 66.7 Å². The van der Waals surface area contributed by atoms with E-state index in [0.29, 0.717) is 0 Å². The van der Waals surface area contributed by atoms with E-state index in [1.165, 1.54) is 19.1 Å². The number of nitrogens with two attached hydrogens (primary N) is 1. The molecule has 19 heavy (non-hydrogen) atoms. The molecule has 1 unspecified atom stereocenters. The maximum absolute atomic E-state index is 13.9. The highest BCUT2D eigenvalue weighted by atomic mass is 127. The maximum atomic E-state index is 13.9. The number of hydrogen-bond donors (Lipinski definition) is 1. The summed E-state index contributed by atoms with van der Waals surface area (Å²) >= 11 is 5.48. The second-order valence-corrected chi connectivity index (χ2v) is 6.34. The van der Waals surface area contributed by atoms with Crippen LogP contribution in [0.25, 0.3) is 0 Å². The van der Waals surface area contributed by atoms with Crippen molar-refractivity contribution in [2.75, 3.05) is 0 Å². The molecule has 0 bridgehead atoms. The van der Waals surface area contributed by atoms with Gasteiger partial charge in [-0.1, -0.05) is 15.9 Å². The summed E-state index contributed by atoms with van der Waals surface area (Å²) in [7, 11) is 0. The van der Waals surface area contributed by atoms with Crippen LogP contribution in [0, 0.1) is 22.1 Å². The molecular formula is C14H11BrF2IN. The van der Waals surface area contributed by atoms with Gasteiger partial charge in [-0.3, -0.25) is 0 Å². The fraction of sp³-hybridized carbons (Fsp3) is 0.143. The van der Waals surface area contributed by atoms with Gasteiger partial charge in [-0.15, -0.1) is 0 Å². The van der Waals surface area contributed by atoms with Crippen LogP contribution in [0.2, 0.25) is 0 Å². The van der Waals surface area contributed by atoms with Gasteiger partial charge in [0.2, 0.25) is 0 Å². The summed E-state index contributed by atoms with van der Waals surface area (Å²) in [5.41, 5.74) is 7.28. The van der Waals surface area contributed by atoms with Crippen LogP contribution in [0.15, 0.2) is 34.8 Å². The predicted octanol–water partition coefficient (Wildman–Crippen LogP) is 4.69. The first-order valence-electron chi connectivity index (χ1n) is 5.56. The lowest BCUT2D eigenvalue weighted by molar-refractivity contribution is 0.570. The van der Waals surface area contributed by atoms with Crippen LogP contribution in [0.3, 0.4) is 0 Å². The van der Waals surface area contributed by atoms with Gasteiger partial charge in [-0.25, -0.2) is 8.78 Å². The molecule has 0 amide bonds. The summed E-state index contributed by atoms with van der Waals surface area (Å²) in [6.07, 6.45) is 0. The van der Waals surface area contributed by atoms with Crippen molar-refractivity contribution in [3.63, 3.8) is 0 Å². The van der Waals surface area contributed by atoms with Crippen LogP contribution in [-0.2, 0) is 0 Å². The lowest BCUT2D eigenvalue weighted by Gasteiger charge is -2.16. The first kappa shape index (κ1) is 14.9. The van der Waals surface area contributed by atoms with Crippen molar-refractivity contribution in [1.82, 2.24) is 0 Å². The zero-order valence-electron chi connectivity index (χ0n) is 10.1. The second kappa shape index (κ2) is 5.85. The van der Waals surface area contributed by atoms with E-state index >= 15 is 0 Å². The number of hydrogen-bond acceptors (Lipinski definition) is 1. The van der Waals surface area contributed by atoms with Crippen LogP contribution in [0.1, 0.15) is 22.7 Å². The lowest BCUT2D eigenvalue weighted by atomic mass is 9.98. The molecule has 0 saturated heterocycles. The molecule has 0 aromatic heterocycles. The topological polar surface area (TPSA) is 26.0 Å². The number of benzene rings is 2.